The summed E-state index contributed by atoms with van der Waals surface area (Å²) in [5.41, 5.74) is 0.787. The molecule has 0 saturated carbocycles. The lowest BCUT2D eigenvalue weighted by Gasteiger charge is -2.23. The van der Waals surface area contributed by atoms with Crippen molar-refractivity contribution in [2.75, 3.05) is 27.4 Å². The van der Waals surface area contributed by atoms with Crippen LogP contribution in [0.3, 0.4) is 0 Å². The van der Waals surface area contributed by atoms with Crippen LogP contribution in [-0.2, 0) is 9.47 Å². The average Bonchev–Trinajstić information content (AvgIpc) is 3.16. The molecule has 7 heteroatoms. The Morgan fingerprint density at radius 3 is 2.76 bits per heavy atom. The first-order chi connectivity index (χ1) is 12.2. The fraction of sp³-hybridized carbons (Fsp3) is 0.556. The van der Waals surface area contributed by atoms with E-state index in [2.05, 4.69) is 10.1 Å². The van der Waals surface area contributed by atoms with Gasteiger partial charge in [0.2, 0.25) is 5.82 Å². The molecule has 1 fully saturated rings. The Balaban J connectivity index is 1.65. The molecule has 2 atom stereocenters. The van der Waals surface area contributed by atoms with Crippen molar-refractivity contribution >= 4 is 0 Å². The Labute approximate surface area is 147 Å². The molecule has 0 amide bonds. The lowest BCUT2D eigenvalue weighted by Crippen LogP contribution is -2.25. The van der Waals surface area contributed by atoms with Gasteiger partial charge >= 0.3 is 0 Å². The number of benzene rings is 1. The lowest BCUT2D eigenvalue weighted by molar-refractivity contribution is -0.0656. The van der Waals surface area contributed by atoms with E-state index >= 15 is 0 Å². The maximum absolute atomic E-state index is 5.83. The van der Waals surface area contributed by atoms with E-state index in [-0.39, 0.29) is 12.2 Å². The number of ether oxygens (including phenoxy) is 4. The van der Waals surface area contributed by atoms with Crippen molar-refractivity contribution in [3.63, 3.8) is 0 Å². The van der Waals surface area contributed by atoms with E-state index in [0.717, 1.165) is 25.0 Å². The van der Waals surface area contributed by atoms with Crippen molar-refractivity contribution in [1.82, 2.24) is 10.1 Å². The summed E-state index contributed by atoms with van der Waals surface area (Å²) in [4.78, 5) is 4.44. The fourth-order valence-corrected chi connectivity index (χ4v) is 2.75. The Bertz CT molecular complexity index is 682. The van der Waals surface area contributed by atoms with Gasteiger partial charge in [0.1, 0.15) is 6.10 Å². The molecule has 7 nitrogen and oxygen atoms in total. The van der Waals surface area contributed by atoms with Crippen LogP contribution >= 0.6 is 0 Å². The van der Waals surface area contributed by atoms with Gasteiger partial charge in [0.25, 0.3) is 5.89 Å². The Hall–Kier alpha value is -2.12. The molecule has 1 aromatic carbocycles. The van der Waals surface area contributed by atoms with E-state index in [1.165, 1.54) is 6.42 Å². The normalized spacial score (nSPS) is 18.8. The van der Waals surface area contributed by atoms with Gasteiger partial charge in [-0.2, -0.15) is 4.98 Å². The minimum Gasteiger partial charge on any atom is -0.493 e. The first-order valence-corrected chi connectivity index (χ1v) is 8.50. The molecule has 0 aliphatic carbocycles. The number of aromatic nitrogens is 2. The number of nitrogens with zero attached hydrogens (tertiary/aromatic N) is 2. The fourth-order valence-electron chi connectivity index (χ4n) is 2.75. The third-order valence-electron chi connectivity index (χ3n) is 4.24. The summed E-state index contributed by atoms with van der Waals surface area (Å²) in [7, 11) is 3.19. The molecule has 0 N–H and O–H groups in total. The van der Waals surface area contributed by atoms with Gasteiger partial charge in [0.05, 0.1) is 26.9 Å². The molecule has 0 spiro atoms. The molecular weight excluding hydrogens is 324 g/mol. The van der Waals surface area contributed by atoms with Crippen molar-refractivity contribution in [2.45, 2.75) is 38.4 Å². The number of methoxy groups -OCH3 is 2. The van der Waals surface area contributed by atoms with Gasteiger partial charge in [0.15, 0.2) is 11.5 Å². The molecule has 0 radical (unpaired) electrons. The smallest absolute Gasteiger partial charge is 0.255 e. The Morgan fingerprint density at radius 2 is 2.04 bits per heavy atom. The first-order valence-electron chi connectivity index (χ1n) is 8.50. The molecule has 2 heterocycles. The van der Waals surface area contributed by atoms with E-state index in [1.807, 2.05) is 25.1 Å². The second-order valence-corrected chi connectivity index (χ2v) is 5.99. The third-order valence-corrected chi connectivity index (χ3v) is 4.24. The summed E-state index contributed by atoms with van der Waals surface area (Å²) in [5, 5.41) is 4.04. The van der Waals surface area contributed by atoms with Gasteiger partial charge in [-0.15, -0.1) is 0 Å². The Kier molecular flexibility index (Phi) is 5.88. The van der Waals surface area contributed by atoms with Crippen LogP contribution < -0.4 is 9.47 Å². The quantitative estimate of drug-likeness (QED) is 0.759. The molecule has 1 aromatic heterocycles. The third kappa shape index (κ3) is 4.29. The summed E-state index contributed by atoms with van der Waals surface area (Å²) in [6.45, 7) is 3.25. The van der Waals surface area contributed by atoms with Crippen molar-refractivity contribution in [3.8, 4) is 22.9 Å². The van der Waals surface area contributed by atoms with Gasteiger partial charge in [0, 0.05) is 12.2 Å². The SMILES string of the molecule is COc1ccc(-c2noc([C@H](C)OC[C@H]3CCCCO3)n2)cc1OC. The minimum atomic E-state index is -0.285. The summed E-state index contributed by atoms with van der Waals surface area (Å²) in [5.74, 6) is 2.20. The molecule has 136 valence electrons. The monoisotopic (exact) mass is 348 g/mol. The van der Waals surface area contributed by atoms with E-state index in [9.17, 15) is 0 Å². The molecule has 2 aromatic rings. The topological polar surface area (TPSA) is 75.8 Å². The van der Waals surface area contributed by atoms with Crippen LogP contribution in [0, 0.1) is 0 Å². The summed E-state index contributed by atoms with van der Waals surface area (Å²) >= 11 is 0. The largest absolute Gasteiger partial charge is 0.493 e. The number of hydrogen-bond acceptors (Lipinski definition) is 7. The van der Waals surface area contributed by atoms with Gasteiger partial charge in [-0.1, -0.05) is 5.16 Å². The highest BCUT2D eigenvalue weighted by Crippen LogP contribution is 2.31. The lowest BCUT2D eigenvalue weighted by atomic mass is 10.1. The molecule has 1 aliphatic rings. The minimum absolute atomic E-state index is 0.157. The van der Waals surface area contributed by atoms with Gasteiger partial charge in [-0.05, 0) is 44.4 Å². The zero-order valence-corrected chi connectivity index (χ0v) is 14.9. The second-order valence-electron chi connectivity index (χ2n) is 5.99. The van der Waals surface area contributed by atoms with Crippen molar-refractivity contribution in [3.05, 3.63) is 24.1 Å². The van der Waals surface area contributed by atoms with E-state index in [4.69, 9.17) is 23.5 Å². The van der Waals surface area contributed by atoms with Crippen molar-refractivity contribution in [2.24, 2.45) is 0 Å². The highest BCUT2D eigenvalue weighted by molar-refractivity contribution is 5.60. The van der Waals surface area contributed by atoms with Crippen LogP contribution in [0.15, 0.2) is 22.7 Å². The van der Waals surface area contributed by atoms with Gasteiger partial charge in [-0.25, -0.2) is 0 Å². The predicted octanol–water partition coefficient (Wildman–Crippen LogP) is 3.40. The van der Waals surface area contributed by atoms with Crippen LogP contribution in [0.2, 0.25) is 0 Å². The molecule has 0 unspecified atom stereocenters. The summed E-state index contributed by atoms with van der Waals surface area (Å²) < 4.78 is 27.4. The van der Waals surface area contributed by atoms with Crippen LogP contribution in [0.25, 0.3) is 11.4 Å². The predicted molar refractivity (Wildman–Crippen MR) is 90.8 cm³/mol. The van der Waals surface area contributed by atoms with Crippen molar-refractivity contribution < 1.29 is 23.5 Å². The van der Waals surface area contributed by atoms with Crippen LogP contribution in [0.4, 0.5) is 0 Å². The zero-order valence-electron chi connectivity index (χ0n) is 14.9. The van der Waals surface area contributed by atoms with Gasteiger partial charge < -0.3 is 23.5 Å². The van der Waals surface area contributed by atoms with Crippen LogP contribution in [-0.4, -0.2) is 43.7 Å². The van der Waals surface area contributed by atoms with E-state index in [1.54, 1.807) is 14.2 Å². The highest BCUT2D eigenvalue weighted by Gasteiger charge is 2.20. The highest BCUT2D eigenvalue weighted by atomic mass is 16.6. The molecule has 1 aliphatic heterocycles. The maximum atomic E-state index is 5.83. The molecule has 3 rings (SSSR count). The van der Waals surface area contributed by atoms with E-state index in [0.29, 0.717) is 29.8 Å². The zero-order chi connectivity index (χ0) is 17.6. The van der Waals surface area contributed by atoms with Gasteiger partial charge in [-0.3, -0.25) is 0 Å². The maximum Gasteiger partial charge on any atom is 0.255 e. The van der Waals surface area contributed by atoms with E-state index < -0.39 is 0 Å². The van der Waals surface area contributed by atoms with Crippen LogP contribution in [0.5, 0.6) is 11.5 Å². The second kappa shape index (κ2) is 8.31. The number of hydrogen-bond donors (Lipinski definition) is 0. The molecular formula is C18H24N2O5. The standard InChI is InChI=1S/C18H24N2O5/c1-12(24-11-14-6-4-5-9-23-14)18-19-17(20-25-18)13-7-8-15(21-2)16(10-13)22-3/h7-8,10,12,14H,4-6,9,11H2,1-3H3/t12-,14+/m0/s1. The van der Waals surface area contributed by atoms with Crippen molar-refractivity contribution in [1.29, 1.82) is 0 Å². The summed E-state index contributed by atoms with van der Waals surface area (Å²) in [6.07, 6.45) is 3.22. The first kappa shape index (κ1) is 17.7. The molecule has 25 heavy (non-hydrogen) atoms. The van der Waals surface area contributed by atoms with Crippen LogP contribution in [0.1, 0.15) is 38.2 Å². The number of rotatable bonds is 7. The molecule has 1 saturated heterocycles. The average molecular weight is 348 g/mol. The Morgan fingerprint density at radius 1 is 1.20 bits per heavy atom. The molecule has 0 bridgehead atoms. The summed E-state index contributed by atoms with van der Waals surface area (Å²) in [6, 6.07) is 5.48.